The molecule has 0 bridgehead atoms. The fraction of sp³-hybridized carbons (Fsp3) is 0.133. The van der Waals surface area contributed by atoms with Crippen LogP contribution in [0, 0.1) is 5.82 Å². The fourth-order valence-electron chi connectivity index (χ4n) is 2.07. The summed E-state index contributed by atoms with van der Waals surface area (Å²) in [7, 11) is 0. The van der Waals surface area contributed by atoms with Gasteiger partial charge in [0.25, 0.3) is 0 Å². The van der Waals surface area contributed by atoms with E-state index in [1.54, 1.807) is 24.5 Å². The highest BCUT2D eigenvalue weighted by Gasteiger charge is 2.13. The quantitative estimate of drug-likeness (QED) is 0.732. The van der Waals surface area contributed by atoms with Gasteiger partial charge in [-0.15, -0.1) is 0 Å². The van der Waals surface area contributed by atoms with E-state index in [-0.39, 0.29) is 5.82 Å². The lowest BCUT2D eigenvalue weighted by atomic mass is 10.0. The molecule has 0 amide bonds. The van der Waals surface area contributed by atoms with Crippen LogP contribution in [0.1, 0.15) is 6.92 Å². The van der Waals surface area contributed by atoms with Crippen LogP contribution >= 0.6 is 0 Å². The molecule has 2 aromatic heterocycles. The van der Waals surface area contributed by atoms with Crippen molar-refractivity contribution in [3.8, 4) is 22.4 Å². The Morgan fingerprint density at radius 2 is 1.85 bits per heavy atom. The van der Waals surface area contributed by atoms with Gasteiger partial charge in [0.1, 0.15) is 11.5 Å². The largest absolute Gasteiger partial charge is 0.272 e. The average molecular weight is 268 g/mol. The van der Waals surface area contributed by atoms with Crippen molar-refractivity contribution < 1.29 is 4.39 Å². The summed E-state index contributed by atoms with van der Waals surface area (Å²) in [4.78, 5) is 0. The van der Waals surface area contributed by atoms with Crippen molar-refractivity contribution in [1.29, 1.82) is 0 Å². The molecule has 0 aliphatic carbocycles. The van der Waals surface area contributed by atoms with Crippen LogP contribution in [0.25, 0.3) is 22.4 Å². The number of aromatic nitrogens is 4. The van der Waals surface area contributed by atoms with E-state index in [1.165, 1.54) is 12.1 Å². The molecule has 0 saturated heterocycles. The summed E-state index contributed by atoms with van der Waals surface area (Å²) in [6.07, 6.45) is 5.31. The van der Waals surface area contributed by atoms with Crippen LogP contribution in [0.2, 0.25) is 0 Å². The second-order valence-corrected chi connectivity index (χ2v) is 4.39. The lowest BCUT2D eigenvalue weighted by Crippen LogP contribution is -1.93. The Hall–Kier alpha value is -2.56. The van der Waals surface area contributed by atoms with Crippen molar-refractivity contribution >= 4 is 0 Å². The lowest BCUT2D eigenvalue weighted by Gasteiger charge is -2.01. The van der Waals surface area contributed by atoms with Crippen LogP contribution in [0.5, 0.6) is 0 Å². The Morgan fingerprint density at radius 3 is 2.50 bits per heavy atom. The highest BCUT2D eigenvalue weighted by atomic mass is 19.1. The molecule has 0 fully saturated rings. The van der Waals surface area contributed by atoms with Gasteiger partial charge in [0.15, 0.2) is 0 Å². The van der Waals surface area contributed by atoms with E-state index >= 15 is 0 Å². The standard InChI is InChI=1S/C15H13FN4/c1-2-20-10-14(12-7-8-17-18-9-12)15(19-20)11-3-5-13(16)6-4-11/h3-10H,2H2,1H3. The van der Waals surface area contributed by atoms with Crippen LogP contribution in [-0.4, -0.2) is 20.0 Å². The molecular weight excluding hydrogens is 255 g/mol. The van der Waals surface area contributed by atoms with E-state index in [0.717, 1.165) is 28.9 Å². The molecule has 1 aromatic carbocycles. The number of aryl methyl sites for hydroxylation is 1. The van der Waals surface area contributed by atoms with Gasteiger partial charge in [-0.25, -0.2) is 4.39 Å². The Bertz CT molecular complexity index is 704. The van der Waals surface area contributed by atoms with Gasteiger partial charge in [-0.1, -0.05) is 0 Å². The van der Waals surface area contributed by atoms with Gasteiger partial charge in [0.2, 0.25) is 0 Å². The van der Waals surface area contributed by atoms with E-state index in [1.807, 2.05) is 23.9 Å². The summed E-state index contributed by atoms with van der Waals surface area (Å²) in [5.41, 5.74) is 3.61. The van der Waals surface area contributed by atoms with Crippen LogP contribution in [0.15, 0.2) is 48.9 Å². The third-order valence-corrected chi connectivity index (χ3v) is 3.10. The van der Waals surface area contributed by atoms with E-state index in [2.05, 4.69) is 15.3 Å². The maximum atomic E-state index is 13.1. The summed E-state index contributed by atoms with van der Waals surface area (Å²) < 4.78 is 14.9. The average Bonchev–Trinajstić information content (AvgIpc) is 2.93. The van der Waals surface area contributed by atoms with Gasteiger partial charge in [-0.05, 0) is 37.3 Å². The maximum absolute atomic E-state index is 13.1. The summed E-state index contributed by atoms with van der Waals surface area (Å²) in [6.45, 7) is 2.79. The molecule has 0 aliphatic heterocycles. The number of hydrogen-bond acceptors (Lipinski definition) is 3. The molecule has 0 N–H and O–H groups in total. The Balaban J connectivity index is 2.15. The first-order valence-electron chi connectivity index (χ1n) is 6.38. The zero-order valence-corrected chi connectivity index (χ0v) is 11.0. The summed E-state index contributed by atoms with van der Waals surface area (Å²) in [6, 6.07) is 8.23. The third-order valence-electron chi connectivity index (χ3n) is 3.10. The van der Waals surface area contributed by atoms with Crippen LogP contribution in [0.3, 0.4) is 0 Å². The first-order valence-corrected chi connectivity index (χ1v) is 6.38. The zero-order valence-electron chi connectivity index (χ0n) is 11.0. The molecule has 0 aliphatic rings. The Morgan fingerprint density at radius 1 is 1.05 bits per heavy atom. The van der Waals surface area contributed by atoms with Gasteiger partial charge in [0, 0.05) is 29.4 Å². The van der Waals surface area contributed by atoms with Crippen molar-refractivity contribution in [2.75, 3.05) is 0 Å². The van der Waals surface area contributed by atoms with Crippen molar-refractivity contribution in [2.24, 2.45) is 0 Å². The van der Waals surface area contributed by atoms with Crippen molar-refractivity contribution in [3.63, 3.8) is 0 Å². The van der Waals surface area contributed by atoms with Crippen molar-refractivity contribution in [1.82, 2.24) is 20.0 Å². The first kappa shape index (κ1) is 12.5. The van der Waals surface area contributed by atoms with Gasteiger partial charge in [-0.2, -0.15) is 15.3 Å². The van der Waals surface area contributed by atoms with Crippen LogP contribution in [0.4, 0.5) is 4.39 Å². The maximum Gasteiger partial charge on any atom is 0.123 e. The molecule has 0 spiro atoms. The topological polar surface area (TPSA) is 43.6 Å². The van der Waals surface area contributed by atoms with E-state index < -0.39 is 0 Å². The molecular formula is C15H13FN4. The van der Waals surface area contributed by atoms with E-state index in [0.29, 0.717) is 0 Å². The zero-order chi connectivity index (χ0) is 13.9. The van der Waals surface area contributed by atoms with Gasteiger partial charge in [-0.3, -0.25) is 4.68 Å². The fourth-order valence-corrected chi connectivity index (χ4v) is 2.07. The smallest absolute Gasteiger partial charge is 0.123 e. The minimum absolute atomic E-state index is 0.254. The second kappa shape index (κ2) is 5.21. The Labute approximate surface area is 115 Å². The normalized spacial score (nSPS) is 10.7. The number of halogens is 1. The first-order chi connectivity index (χ1) is 9.78. The molecule has 0 unspecified atom stereocenters. The van der Waals surface area contributed by atoms with Gasteiger partial charge < -0.3 is 0 Å². The summed E-state index contributed by atoms with van der Waals surface area (Å²) >= 11 is 0. The highest BCUT2D eigenvalue weighted by molar-refractivity contribution is 5.79. The Kier molecular flexibility index (Phi) is 3.25. The van der Waals surface area contributed by atoms with Crippen molar-refractivity contribution in [3.05, 3.63) is 54.7 Å². The van der Waals surface area contributed by atoms with Crippen LogP contribution in [-0.2, 0) is 6.54 Å². The van der Waals surface area contributed by atoms with Crippen molar-refractivity contribution in [2.45, 2.75) is 13.5 Å². The molecule has 3 aromatic rings. The summed E-state index contributed by atoms with van der Waals surface area (Å²) in [5, 5.41) is 12.2. The molecule has 0 radical (unpaired) electrons. The molecule has 100 valence electrons. The third kappa shape index (κ3) is 2.30. The predicted octanol–water partition coefficient (Wildman–Crippen LogP) is 3.17. The molecule has 0 atom stereocenters. The molecule has 20 heavy (non-hydrogen) atoms. The second-order valence-electron chi connectivity index (χ2n) is 4.39. The predicted molar refractivity (Wildman–Crippen MR) is 74.3 cm³/mol. The number of benzene rings is 1. The SMILES string of the molecule is CCn1cc(-c2ccnnc2)c(-c2ccc(F)cc2)n1. The minimum Gasteiger partial charge on any atom is -0.272 e. The van der Waals surface area contributed by atoms with E-state index in [4.69, 9.17) is 0 Å². The number of hydrogen-bond donors (Lipinski definition) is 0. The molecule has 5 heteroatoms. The highest BCUT2D eigenvalue weighted by Crippen LogP contribution is 2.30. The monoisotopic (exact) mass is 268 g/mol. The summed E-state index contributed by atoms with van der Waals surface area (Å²) in [5.74, 6) is -0.254. The number of rotatable bonds is 3. The van der Waals surface area contributed by atoms with Gasteiger partial charge >= 0.3 is 0 Å². The molecule has 2 heterocycles. The lowest BCUT2D eigenvalue weighted by molar-refractivity contribution is 0.628. The number of nitrogens with zero attached hydrogens (tertiary/aromatic N) is 4. The molecule has 3 rings (SSSR count). The van der Waals surface area contributed by atoms with E-state index in [9.17, 15) is 4.39 Å². The molecule has 0 saturated carbocycles. The molecule has 4 nitrogen and oxygen atoms in total. The minimum atomic E-state index is -0.254. The van der Waals surface area contributed by atoms with Crippen LogP contribution < -0.4 is 0 Å². The van der Waals surface area contributed by atoms with Gasteiger partial charge in [0.05, 0.1) is 12.4 Å².